The van der Waals surface area contributed by atoms with Gasteiger partial charge in [0.25, 0.3) is 0 Å². The van der Waals surface area contributed by atoms with Crippen LogP contribution in [0.15, 0.2) is 0 Å². The van der Waals surface area contributed by atoms with Crippen molar-refractivity contribution in [1.29, 1.82) is 0 Å². The normalized spacial score (nSPS) is 15.1. The quantitative estimate of drug-likeness (QED) is 0.854. The van der Waals surface area contributed by atoms with Crippen molar-refractivity contribution in [2.24, 2.45) is 13.0 Å². The van der Waals surface area contributed by atoms with Crippen LogP contribution in [0.4, 0.5) is 0 Å². The van der Waals surface area contributed by atoms with E-state index in [9.17, 15) is 0 Å². The summed E-state index contributed by atoms with van der Waals surface area (Å²) in [6.07, 6.45) is 0. The average Bonchev–Trinajstić information content (AvgIpc) is 2.49. The Balaban J connectivity index is 2.61. The lowest BCUT2D eigenvalue weighted by Crippen LogP contribution is -2.33. The molecule has 1 aromatic heterocycles. The summed E-state index contributed by atoms with van der Waals surface area (Å²) >= 11 is 11.8. The molecule has 0 spiro atoms. The molecule has 0 aromatic carbocycles. The van der Waals surface area contributed by atoms with Gasteiger partial charge in [-0.3, -0.25) is 0 Å². The molecule has 0 fully saturated rings. The third kappa shape index (κ3) is 3.10. The molecule has 0 radical (unpaired) electrons. The summed E-state index contributed by atoms with van der Waals surface area (Å²) in [5.74, 6) is 0.197. The van der Waals surface area contributed by atoms with Crippen LogP contribution in [0.5, 0.6) is 0 Å². The molecule has 16 heavy (non-hydrogen) atoms. The Morgan fingerprint density at radius 3 is 2.50 bits per heavy atom. The van der Waals surface area contributed by atoms with Crippen LogP contribution in [0.25, 0.3) is 0 Å². The molecule has 4 nitrogen and oxygen atoms in total. The van der Waals surface area contributed by atoms with E-state index in [2.05, 4.69) is 10.3 Å². The summed E-state index contributed by atoms with van der Waals surface area (Å²) in [7, 11) is 1.82. The van der Waals surface area contributed by atoms with E-state index in [1.165, 1.54) is 0 Å². The van der Waals surface area contributed by atoms with Gasteiger partial charge in [-0.2, -0.15) is 0 Å². The Bertz CT molecular complexity index is 354. The van der Waals surface area contributed by atoms with Gasteiger partial charge in [-0.15, -0.1) is 0 Å². The van der Waals surface area contributed by atoms with E-state index in [0.29, 0.717) is 17.0 Å². The van der Waals surface area contributed by atoms with Crippen molar-refractivity contribution in [3.05, 3.63) is 16.1 Å². The largest absolute Gasteiger partial charge is 0.396 e. The van der Waals surface area contributed by atoms with E-state index in [1.807, 2.05) is 20.9 Å². The first kappa shape index (κ1) is 13.8. The predicted molar refractivity (Wildman–Crippen MR) is 65.8 cm³/mol. The minimum Gasteiger partial charge on any atom is -0.396 e. The van der Waals surface area contributed by atoms with Gasteiger partial charge in [0.1, 0.15) is 0 Å². The van der Waals surface area contributed by atoms with E-state index in [-0.39, 0.29) is 18.6 Å². The van der Waals surface area contributed by atoms with Gasteiger partial charge in [-0.05, 0) is 24.4 Å². The maximum absolute atomic E-state index is 9.01. The predicted octanol–water partition coefficient (Wildman–Crippen LogP) is 1.83. The molecule has 6 heteroatoms. The second-order valence-electron chi connectivity index (χ2n) is 4.01. The van der Waals surface area contributed by atoms with Crippen LogP contribution in [-0.2, 0) is 13.6 Å². The van der Waals surface area contributed by atoms with E-state index in [0.717, 1.165) is 5.69 Å². The number of aromatic nitrogens is 2. The zero-order valence-electron chi connectivity index (χ0n) is 9.67. The molecule has 2 unspecified atom stereocenters. The van der Waals surface area contributed by atoms with Gasteiger partial charge in [0.05, 0.1) is 5.69 Å². The highest BCUT2D eigenvalue weighted by molar-refractivity contribution is 6.32. The molecule has 2 atom stereocenters. The number of hydrogen-bond acceptors (Lipinski definition) is 3. The molecule has 0 aliphatic carbocycles. The fourth-order valence-corrected chi connectivity index (χ4v) is 1.78. The fourth-order valence-electron chi connectivity index (χ4n) is 1.28. The van der Waals surface area contributed by atoms with Crippen molar-refractivity contribution in [2.45, 2.75) is 26.4 Å². The summed E-state index contributed by atoms with van der Waals surface area (Å²) in [6.45, 7) is 4.75. The van der Waals surface area contributed by atoms with Gasteiger partial charge in [0.15, 0.2) is 5.15 Å². The Morgan fingerprint density at radius 1 is 1.44 bits per heavy atom. The molecule has 0 aliphatic rings. The second-order valence-corrected chi connectivity index (χ2v) is 4.70. The van der Waals surface area contributed by atoms with Gasteiger partial charge in [0, 0.05) is 26.2 Å². The minimum atomic E-state index is 0.161. The number of aliphatic hydroxyl groups is 1. The van der Waals surface area contributed by atoms with Gasteiger partial charge < -0.3 is 15.0 Å². The molecular formula is C10H17Cl2N3O. The summed E-state index contributed by atoms with van der Waals surface area (Å²) in [5.41, 5.74) is 0.851. The zero-order chi connectivity index (χ0) is 12.3. The number of aliphatic hydroxyl groups excluding tert-OH is 1. The van der Waals surface area contributed by atoms with E-state index in [1.54, 1.807) is 4.57 Å². The van der Waals surface area contributed by atoms with Crippen LogP contribution in [-0.4, -0.2) is 27.3 Å². The lowest BCUT2D eigenvalue weighted by Gasteiger charge is -2.19. The van der Waals surface area contributed by atoms with Crippen molar-refractivity contribution in [1.82, 2.24) is 14.9 Å². The Morgan fingerprint density at radius 2 is 2.06 bits per heavy atom. The summed E-state index contributed by atoms with van der Waals surface area (Å²) < 4.78 is 1.74. The number of nitrogens with zero attached hydrogens (tertiary/aromatic N) is 2. The number of rotatable bonds is 5. The molecule has 1 heterocycles. The SMILES string of the molecule is CC(CO)C(C)NCc1c(Cl)nc(Cl)n1C. The van der Waals surface area contributed by atoms with E-state index >= 15 is 0 Å². The number of hydrogen-bond donors (Lipinski definition) is 2. The lowest BCUT2D eigenvalue weighted by atomic mass is 10.1. The van der Waals surface area contributed by atoms with E-state index in [4.69, 9.17) is 28.3 Å². The van der Waals surface area contributed by atoms with Crippen LogP contribution in [0.3, 0.4) is 0 Å². The number of halogens is 2. The van der Waals surface area contributed by atoms with Crippen LogP contribution >= 0.6 is 23.2 Å². The molecule has 0 amide bonds. The van der Waals surface area contributed by atoms with Crippen LogP contribution in [0.1, 0.15) is 19.5 Å². The highest BCUT2D eigenvalue weighted by atomic mass is 35.5. The molecule has 0 aliphatic heterocycles. The standard InChI is InChI=1S/C10H17Cl2N3O/c1-6(5-16)7(2)13-4-8-9(11)14-10(12)15(8)3/h6-7,13,16H,4-5H2,1-3H3. The molecule has 1 aromatic rings. The van der Waals surface area contributed by atoms with Crippen molar-refractivity contribution >= 4 is 23.2 Å². The summed E-state index contributed by atoms with van der Waals surface area (Å²) in [4.78, 5) is 3.96. The zero-order valence-corrected chi connectivity index (χ0v) is 11.2. The molecule has 1 rings (SSSR count). The van der Waals surface area contributed by atoms with Crippen LogP contribution < -0.4 is 5.32 Å². The highest BCUT2D eigenvalue weighted by Gasteiger charge is 2.14. The van der Waals surface area contributed by atoms with Gasteiger partial charge in [-0.25, -0.2) is 4.98 Å². The third-order valence-electron chi connectivity index (χ3n) is 2.84. The molecule has 92 valence electrons. The van der Waals surface area contributed by atoms with E-state index < -0.39 is 0 Å². The summed E-state index contributed by atoms with van der Waals surface area (Å²) in [5, 5.41) is 13.1. The van der Waals surface area contributed by atoms with Crippen molar-refractivity contribution in [3.8, 4) is 0 Å². The first-order valence-electron chi connectivity index (χ1n) is 5.18. The molecule has 0 saturated heterocycles. The molecule has 0 saturated carbocycles. The average molecular weight is 266 g/mol. The highest BCUT2D eigenvalue weighted by Crippen LogP contribution is 2.19. The smallest absolute Gasteiger partial charge is 0.204 e. The van der Waals surface area contributed by atoms with Crippen LogP contribution in [0.2, 0.25) is 10.4 Å². The monoisotopic (exact) mass is 265 g/mol. The maximum atomic E-state index is 9.01. The lowest BCUT2D eigenvalue weighted by molar-refractivity contribution is 0.206. The first-order valence-corrected chi connectivity index (χ1v) is 5.93. The molecule has 0 bridgehead atoms. The number of nitrogens with one attached hydrogen (secondary N) is 1. The molecular weight excluding hydrogens is 249 g/mol. The Kier molecular flexibility index (Phi) is 5.05. The first-order chi connectivity index (χ1) is 7.47. The fraction of sp³-hybridized carbons (Fsp3) is 0.700. The van der Waals surface area contributed by atoms with Crippen molar-refractivity contribution in [3.63, 3.8) is 0 Å². The second kappa shape index (κ2) is 5.87. The Hall–Kier alpha value is -0.290. The minimum absolute atomic E-state index is 0.161. The topological polar surface area (TPSA) is 50.1 Å². The molecule has 2 N–H and O–H groups in total. The van der Waals surface area contributed by atoms with Gasteiger partial charge >= 0.3 is 0 Å². The van der Waals surface area contributed by atoms with Gasteiger partial charge in [0.2, 0.25) is 5.28 Å². The summed E-state index contributed by atoms with van der Waals surface area (Å²) in [6, 6.07) is 0.203. The maximum Gasteiger partial charge on any atom is 0.204 e. The third-order valence-corrected chi connectivity index (χ3v) is 3.48. The van der Waals surface area contributed by atoms with Gasteiger partial charge in [-0.1, -0.05) is 18.5 Å². The van der Waals surface area contributed by atoms with Crippen LogP contribution in [0, 0.1) is 5.92 Å². The number of imidazole rings is 1. The van der Waals surface area contributed by atoms with Crippen molar-refractivity contribution in [2.75, 3.05) is 6.61 Å². The Labute approximate surface area is 106 Å². The van der Waals surface area contributed by atoms with Crippen molar-refractivity contribution < 1.29 is 5.11 Å².